The summed E-state index contributed by atoms with van der Waals surface area (Å²) in [6.07, 6.45) is 0.303. The van der Waals surface area contributed by atoms with Crippen LogP contribution in [0.25, 0.3) is 0 Å². The van der Waals surface area contributed by atoms with Crippen molar-refractivity contribution in [3.05, 3.63) is 12.2 Å². The van der Waals surface area contributed by atoms with E-state index in [1.165, 1.54) is 0 Å². The van der Waals surface area contributed by atoms with Crippen molar-refractivity contribution < 1.29 is 35.1 Å². The molecule has 0 fully saturated rings. The Hall–Kier alpha value is -1.48. The van der Waals surface area contributed by atoms with E-state index in [-0.39, 0.29) is 12.6 Å². The van der Waals surface area contributed by atoms with Crippen LogP contribution in [0.4, 0.5) is 0 Å². The zero-order valence-corrected chi connectivity index (χ0v) is 9.51. The van der Waals surface area contributed by atoms with Crippen molar-refractivity contribution in [3.8, 4) is 0 Å². The molecule has 0 saturated carbocycles. The minimum Gasteiger partial charge on any atom is -0.479 e. The number of rotatable bonds is 4. The van der Waals surface area contributed by atoms with Gasteiger partial charge >= 0.3 is 11.9 Å². The number of nitrogens with two attached hydrogens (primary N) is 1. The first-order chi connectivity index (χ1) is 8.29. The molecule has 7 N–H and O–H groups in total. The average molecular weight is 263 g/mol. The number of aliphatic hydroxyl groups is 3. The van der Waals surface area contributed by atoms with Crippen LogP contribution in [0.1, 0.15) is 6.42 Å². The van der Waals surface area contributed by atoms with E-state index in [0.717, 1.165) is 6.42 Å². The van der Waals surface area contributed by atoms with Crippen molar-refractivity contribution in [2.75, 3.05) is 6.61 Å². The van der Waals surface area contributed by atoms with Crippen LogP contribution in [-0.4, -0.2) is 62.3 Å². The molecular formula is C10H17NO7. The van der Waals surface area contributed by atoms with Gasteiger partial charge in [0.1, 0.15) is 0 Å². The summed E-state index contributed by atoms with van der Waals surface area (Å²) in [5, 5.41) is 41.1. The van der Waals surface area contributed by atoms with Gasteiger partial charge in [-0.05, 0) is 6.42 Å². The molecule has 2 unspecified atom stereocenters. The number of carboxylic acids is 2. The summed E-state index contributed by atoms with van der Waals surface area (Å²) in [7, 11) is 0. The van der Waals surface area contributed by atoms with Crippen LogP contribution < -0.4 is 5.73 Å². The fourth-order valence-corrected chi connectivity index (χ4v) is 1.21. The van der Waals surface area contributed by atoms with E-state index in [1.807, 2.05) is 12.2 Å². The number of aliphatic hydroxyl groups excluding tert-OH is 3. The van der Waals surface area contributed by atoms with Crippen LogP contribution in [-0.2, 0) is 9.59 Å². The van der Waals surface area contributed by atoms with Crippen molar-refractivity contribution in [1.82, 2.24) is 0 Å². The highest BCUT2D eigenvalue weighted by molar-refractivity contribution is 5.83. The highest BCUT2D eigenvalue weighted by Crippen LogP contribution is 2.14. The lowest BCUT2D eigenvalue weighted by Crippen LogP contribution is -2.39. The SMILES string of the molecule is N[C@@H]1C=C[C@H](CO)C1.O=C(O)C(O)C(O)C(=O)O. The Morgan fingerprint density at radius 3 is 1.78 bits per heavy atom. The molecule has 18 heavy (non-hydrogen) atoms. The van der Waals surface area contributed by atoms with Crippen LogP contribution in [0.5, 0.6) is 0 Å². The van der Waals surface area contributed by atoms with E-state index >= 15 is 0 Å². The number of hydrogen-bond acceptors (Lipinski definition) is 6. The first-order valence-corrected chi connectivity index (χ1v) is 5.16. The summed E-state index contributed by atoms with van der Waals surface area (Å²) in [4.78, 5) is 19.5. The second kappa shape index (κ2) is 7.77. The van der Waals surface area contributed by atoms with E-state index < -0.39 is 24.1 Å². The minimum atomic E-state index is -2.27. The van der Waals surface area contributed by atoms with Crippen LogP contribution in [0.3, 0.4) is 0 Å². The van der Waals surface area contributed by atoms with Crippen molar-refractivity contribution in [2.45, 2.75) is 24.7 Å². The van der Waals surface area contributed by atoms with Gasteiger partial charge in [-0.2, -0.15) is 0 Å². The molecule has 1 aliphatic rings. The topological polar surface area (TPSA) is 161 Å². The molecule has 0 aromatic heterocycles. The van der Waals surface area contributed by atoms with Gasteiger partial charge in [-0.15, -0.1) is 0 Å². The molecule has 4 atom stereocenters. The van der Waals surface area contributed by atoms with Gasteiger partial charge in [0.25, 0.3) is 0 Å². The van der Waals surface area contributed by atoms with E-state index in [0.29, 0.717) is 5.92 Å². The highest BCUT2D eigenvalue weighted by Gasteiger charge is 2.29. The summed E-state index contributed by atoms with van der Waals surface area (Å²) >= 11 is 0. The molecule has 0 radical (unpaired) electrons. The van der Waals surface area contributed by atoms with E-state index in [4.69, 9.17) is 31.3 Å². The fraction of sp³-hybridized carbons (Fsp3) is 0.600. The fourth-order valence-electron chi connectivity index (χ4n) is 1.21. The molecule has 0 aliphatic heterocycles. The van der Waals surface area contributed by atoms with Crippen molar-refractivity contribution in [2.24, 2.45) is 11.7 Å². The zero-order chi connectivity index (χ0) is 14.3. The number of carboxylic acid groups (broad SMARTS) is 2. The molecule has 0 bridgehead atoms. The van der Waals surface area contributed by atoms with Gasteiger partial charge in [-0.1, -0.05) is 12.2 Å². The van der Waals surface area contributed by atoms with Gasteiger partial charge in [0, 0.05) is 18.6 Å². The molecule has 0 spiro atoms. The third-order valence-corrected chi connectivity index (χ3v) is 2.24. The first-order valence-electron chi connectivity index (χ1n) is 5.16. The molecule has 8 heteroatoms. The van der Waals surface area contributed by atoms with Gasteiger partial charge in [-0.25, -0.2) is 9.59 Å². The van der Waals surface area contributed by atoms with Gasteiger partial charge in [0.05, 0.1) is 0 Å². The Bertz CT molecular complexity index is 299. The predicted molar refractivity (Wildman–Crippen MR) is 59.6 cm³/mol. The van der Waals surface area contributed by atoms with Crippen molar-refractivity contribution in [1.29, 1.82) is 0 Å². The highest BCUT2D eigenvalue weighted by atomic mass is 16.4. The van der Waals surface area contributed by atoms with Crippen LogP contribution in [0, 0.1) is 5.92 Å². The average Bonchev–Trinajstić information content (AvgIpc) is 2.73. The zero-order valence-electron chi connectivity index (χ0n) is 9.51. The first kappa shape index (κ1) is 16.5. The standard InChI is InChI=1S/C6H11NO.C4H6O6/c7-6-2-1-5(3-6)4-8;5-1(3(7)8)2(6)4(9)10/h1-2,5-6,8H,3-4,7H2;1-2,5-6H,(H,7,8)(H,9,10)/t5-,6+;/m0./s1. The maximum absolute atomic E-state index is 9.77. The summed E-state index contributed by atoms with van der Waals surface area (Å²) in [5.74, 6) is -3.21. The number of hydrogen-bond donors (Lipinski definition) is 6. The van der Waals surface area contributed by atoms with E-state index in [1.54, 1.807) is 0 Å². The Balaban J connectivity index is 0.000000327. The third-order valence-electron chi connectivity index (χ3n) is 2.24. The second-order valence-electron chi connectivity index (χ2n) is 3.79. The number of aliphatic carboxylic acids is 2. The molecule has 0 aromatic rings. The molecule has 1 rings (SSSR count). The normalized spacial score (nSPS) is 24.9. The van der Waals surface area contributed by atoms with Gasteiger partial charge in [0.2, 0.25) is 0 Å². The number of carbonyl (C=O) groups is 2. The molecule has 1 aliphatic carbocycles. The lowest BCUT2D eigenvalue weighted by molar-refractivity contribution is -0.165. The molecule has 8 nitrogen and oxygen atoms in total. The quantitative estimate of drug-likeness (QED) is 0.310. The third kappa shape index (κ3) is 5.73. The van der Waals surface area contributed by atoms with Gasteiger partial charge < -0.3 is 31.3 Å². The maximum Gasteiger partial charge on any atom is 0.335 e. The second-order valence-corrected chi connectivity index (χ2v) is 3.79. The maximum atomic E-state index is 9.77. The summed E-state index contributed by atoms with van der Waals surface area (Å²) in [5.41, 5.74) is 5.50. The van der Waals surface area contributed by atoms with Gasteiger partial charge in [-0.3, -0.25) is 0 Å². The molecule has 0 amide bonds. The van der Waals surface area contributed by atoms with E-state index in [9.17, 15) is 9.59 Å². The van der Waals surface area contributed by atoms with E-state index in [2.05, 4.69) is 0 Å². The molecule has 104 valence electrons. The smallest absolute Gasteiger partial charge is 0.335 e. The molecule has 0 aromatic carbocycles. The summed E-state index contributed by atoms with van der Waals surface area (Å²) < 4.78 is 0. The van der Waals surface area contributed by atoms with Crippen LogP contribution >= 0.6 is 0 Å². The molecule has 0 saturated heterocycles. The molecule has 0 heterocycles. The lowest BCUT2D eigenvalue weighted by atomic mass is 10.1. The molecular weight excluding hydrogens is 246 g/mol. The Kier molecular flexibility index (Phi) is 7.13. The Morgan fingerprint density at radius 1 is 1.17 bits per heavy atom. The van der Waals surface area contributed by atoms with Crippen molar-refractivity contribution in [3.63, 3.8) is 0 Å². The lowest BCUT2D eigenvalue weighted by Gasteiger charge is -2.07. The largest absolute Gasteiger partial charge is 0.479 e. The summed E-state index contributed by atoms with van der Waals surface area (Å²) in [6.45, 7) is 0.240. The predicted octanol–water partition coefficient (Wildman–Crippen LogP) is -2.24. The van der Waals surface area contributed by atoms with Crippen LogP contribution in [0.2, 0.25) is 0 Å². The Labute approximate surface area is 103 Å². The minimum absolute atomic E-state index is 0.187. The van der Waals surface area contributed by atoms with Crippen LogP contribution in [0.15, 0.2) is 12.2 Å². The summed E-state index contributed by atoms with van der Waals surface area (Å²) in [6, 6.07) is 0.187. The Morgan fingerprint density at radius 2 is 1.61 bits per heavy atom. The monoisotopic (exact) mass is 263 g/mol. The van der Waals surface area contributed by atoms with Gasteiger partial charge in [0.15, 0.2) is 12.2 Å². The van der Waals surface area contributed by atoms with Crippen molar-refractivity contribution >= 4 is 11.9 Å².